The molecule has 5 heteroatoms. The molecule has 1 aromatic rings. The van der Waals surface area contributed by atoms with E-state index < -0.39 is 6.04 Å². The summed E-state index contributed by atoms with van der Waals surface area (Å²) in [5.74, 6) is -0.194. The van der Waals surface area contributed by atoms with Crippen LogP contribution in [0.5, 0.6) is 0 Å². The summed E-state index contributed by atoms with van der Waals surface area (Å²) in [6.07, 6.45) is 1.98. The SMILES string of the molecule is CCC1C(=O)NCCN1C(=O)C(N)CCc1ccccc1. The molecule has 2 atom stereocenters. The van der Waals surface area contributed by atoms with E-state index in [1.807, 2.05) is 37.3 Å². The van der Waals surface area contributed by atoms with E-state index >= 15 is 0 Å². The minimum atomic E-state index is -0.551. The minimum Gasteiger partial charge on any atom is -0.353 e. The van der Waals surface area contributed by atoms with Gasteiger partial charge in [0.25, 0.3) is 0 Å². The van der Waals surface area contributed by atoms with Crippen LogP contribution in [-0.4, -0.2) is 41.9 Å². The molecule has 1 aliphatic heterocycles. The molecule has 0 radical (unpaired) electrons. The standard InChI is InChI=1S/C16H23N3O2/c1-2-14-15(20)18-10-11-19(14)16(21)13(17)9-8-12-6-4-3-5-7-12/h3-7,13-14H,2,8-11,17H2,1H3,(H,18,20). The Labute approximate surface area is 125 Å². The fraction of sp³-hybridized carbons (Fsp3) is 0.500. The maximum atomic E-state index is 12.5. The molecule has 2 rings (SSSR count). The smallest absolute Gasteiger partial charge is 0.242 e. The fourth-order valence-electron chi connectivity index (χ4n) is 2.69. The second-order valence-electron chi connectivity index (χ2n) is 5.38. The molecule has 0 aliphatic carbocycles. The lowest BCUT2D eigenvalue weighted by atomic mass is 10.0. The highest BCUT2D eigenvalue weighted by atomic mass is 16.2. The van der Waals surface area contributed by atoms with Crippen molar-refractivity contribution in [3.05, 3.63) is 35.9 Å². The zero-order valence-electron chi connectivity index (χ0n) is 12.4. The van der Waals surface area contributed by atoms with Crippen LogP contribution >= 0.6 is 0 Å². The van der Waals surface area contributed by atoms with Crippen LogP contribution in [0.2, 0.25) is 0 Å². The van der Waals surface area contributed by atoms with E-state index in [2.05, 4.69) is 5.32 Å². The van der Waals surface area contributed by atoms with Crippen molar-refractivity contribution in [1.82, 2.24) is 10.2 Å². The van der Waals surface area contributed by atoms with Crippen molar-refractivity contribution in [2.75, 3.05) is 13.1 Å². The molecule has 21 heavy (non-hydrogen) atoms. The molecule has 1 aliphatic rings. The maximum absolute atomic E-state index is 12.5. The van der Waals surface area contributed by atoms with E-state index in [-0.39, 0.29) is 17.9 Å². The van der Waals surface area contributed by atoms with Crippen molar-refractivity contribution < 1.29 is 9.59 Å². The summed E-state index contributed by atoms with van der Waals surface area (Å²) in [6, 6.07) is 9.04. The van der Waals surface area contributed by atoms with Gasteiger partial charge >= 0.3 is 0 Å². The summed E-state index contributed by atoms with van der Waals surface area (Å²) < 4.78 is 0. The van der Waals surface area contributed by atoms with Crippen LogP contribution in [0.3, 0.4) is 0 Å². The van der Waals surface area contributed by atoms with Crippen molar-refractivity contribution in [3.63, 3.8) is 0 Å². The summed E-state index contributed by atoms with van der Waals surface area (Å²) in [5.41, 5.74) is 7.21. The van der Waals surface area contributed by atoms with Gasteiger partial charge in [-0.25, -0.2) is 0 Å². The van der Waals surface area contributed by atoms with Gasteiger partial charge in [-0.3, -0.25) is 9.59 Å². The van der Waals surface area contributed by atoms with Gasteiger partial charge in [-0.15, -0.1) is 0 Å². The van der Waals surface area contributed by atoms with Gasteiger partial charge < -0.3 is 16.0 Å². The van der Waals surface area contributed by atoms with Gasteiger partial charge in [0, 0.05) is 13.1 Å². The molecule has 0 saturated carbocycles. The van der Waals surface area contributed by atoms with Crippen molar-refractivity contribution in [2.45, 2.75) is 38.3 Å². The fourth-order valence-corrected chi connectivity index (χ4v) is 2.69. The average molecular weight is 289 g/mol. The van der Waals surface area contributed by atoms with Crippen LogP contribution in [0.1, 0.15) is 25.3 Å². The first kappa shape index (κ1) is 15.5. The average Bonchev–Trinajstić information content (AvgIpc) is 2.52. The molecule has 1 heterocycles. The Hall–Kier alpha value is -1.88. The third-order valence-corrected chi connectivity index (χ3v) is 3.90. The number of nitrogens with zero attached hydrogens (tertiary/aromatic N) is 1. The molecule has 114 valence electrons. The lowest BCUT2D eigenvalue weighted by molar-refractivity contribution is -0.144. The Kier molecular flexibility index (Phi) is 5.33. The van der Waals surface area contributed by atoms with Gasteiger partial charge in [-0.2, -0.15) is 0 Å². The van der Waals surface area contributed by atoms with Crippen LogP contribution in [0, 0.1) is 0 Å². The van der Waals surface area contributed by atoms with E-state index in [0.29, 0.717) is 25.9 Å². The highest BCUT2D eigenvalue weighted by Crippen LogP contribution is 2.12. The molecule has 1 saturated heterocycles. The third-order valence-electron chi connectivity index (χ3n) is 3.90. The van der Waals surface area contributed by atoms with Gasteiger partial charge in [0.05, 0.1) is 6.04 Å². The number of benzene rings is 1. The molecular formula is C16H23N3O2. The van der Waals surface area contributed by atoms with E-state index in [0.717, 1.165) is 6.42 Å². The highest BCUT2D eigenvalue weighted by molar-refractivity contribution is 5.90. The van der Waals surface area contributed by atoms with Crippen LogP contribution in [0.15, 0.2) is 30.3 Å². The molecule has 0 bridgehead atoms. The summed E-state index contributed by atoms with van der Waals surface area (Å²) >= 11 is 0. The van der Waals surface area contributed by atoms with Crippen molar-refractivity contribution in [2.24, 2.45) is 5.73 Å². The zero-order valence-corrected chi connectivity index (χ0v) is 12.4. The first-order valence-electron chi connectivity index (χ1n) is 7.51. The van der Waals surface area contributed by atoms with E-state index in [4.69, 9.17) is 5.73 Å². The van der Waals surface area contributed by atoms with Crippen molar-refractivity contribution in [1.29, 1.82) is 0 Å². The van der Waals surface area contributed by atoms with Crippen LogP contribution < -0.4 is 11.1 Å². The third kappa shape index (κ3) is 3.82. The van der Waals surface area contributed by atoms with E-state index in [1.54, 1.807) is 4.90 Å². The Morgan fingerprint density at radius 1 is 1.43 bits per heavy atom. The van der Waals surface area contributed by atoms with E-state index in [1.165, 1.54) is 5.56 Å². The predicted octanol–water partition coefficient (Wildman–Crippen LogP) is 0.684. The number of nitrogens with two attached hydrogens (primary N) is 1. The lowest BCUT2D eigenvalue weighted by Crippen LogP contribution is -2.60. The summed E-state index contributed by atoms with van der Waals surface area (Å²) in [6.45, 7) is 2.96. The zero-order chi connectivity index (χ0) is 15.2. The topological polar surface area (TPSA) is 75.4 Å². The molecule has 5 nitrogen and oxygen atoms in total. The second kappa shape index (κ2) is 7.22. The van der Waals surface area contributed by atoms with Crippen molar-refractivity contribution >= 4 is 11.8 Å². The molecule has 3 N–H and O–H groups in total. The van der Waals surface area contributed by atoms with Crippen LogP contribution in [-0.2, 0) is 16.0 Å². The van der Waals surface area contributed by atoms with Crippen molar-refractivity contribution in [3.8, 4) is 0 Å². The largest absolute Gasteiger partial charge is 0.353 e. The quantitative estimate of drug-likeness (QED) is 0.837. The Morgan fingerprint density at radius 2 is 2.14 bits per heavy atom. The summed E-state index contributed by atoms with van der Waals surface area (Å²) in [5, 5.41) is 2.79. The highest BCUT2D eigenvalue weighted by Gasteiger charge is 2.33. The first-order valence-corrected chi connectivity index (χ1v) is 7.51. The molecule has 0 spiro atoms. The normalized spacial score (nSPS) is 20.0. The molecule has 0 aromatic heterocycles. The Morgan fingerprint density at radius 3 is 2.81 bits per heavy atom. The molecule has 1 fully saturated rings. The lowest BCUT2D eigenvalue weighted by Gasteiger charge is -2.36. The number of nitrogens with one attached hydrogen (secondary N) is 1. The number of hydrogen-bond acceptors (Lipinski definition) is 3. The van der Waals surface area contributed by atoms with Crippen LogP contribution in [0.4, 0.5) is 0 Å². The number of amides is 2. The molecule has 1 aromatic carbocycles. The second-order valence-corrected chi connectivity index (χ2v) is 5.38. The number of carbonyl (C=O) groups excluding carboxylic acids is 2. The Bertz CT molecular complexity index is 490. The van der Waals surface area contributed by atoms with Crippen LogP contribution in [0.25, 0.3) is 0 Å². The van der Waals surface area contributed by atoms with Gasteiger partial charge in [-0.05, 0) is 24.8 Å². The summed E-state index contributed by atoms with van der Waals surface area (Å²) in [4.78, 5) is 25.9. The summed E-state index contributed by atoms with van der Waals surface area (Å²) in [7, 11) is 0. The number of piperazine rings is 1. The molecule has 2 unspecified atom stereocenters. The first-order chi connectivity index (χ1) is 10.1. The molecular weight excluding hydrogens is 266 g/mol. The van der Waals surface area contributed by atoms with Gasteiger partial charge in [0.2, 0.25) is 11.8 Å². The maximum Gasteiger partial charge on any atom is 0.242 e. The van der Waals surface area contributed by atoms with E-state index in [9.17, 15) is 9.59 Å². The number of carbonyl (C=O) groups is 2. The van der Waals surface area contributed by atoms with Gasteiger partial charge in [0.15, 0.2) is 0 Å². The minimum absolute atomic E-state index is 0.0765. The van der Waals surface area contributed by atoms with Gasteiger partial charge in [0.1, 0.15) is 6.04 Å². The predicted molar refractivity (Wildman–Crippen MR) is 81.5 cm³/mol. The Balaban J connectivity index is 1.93. The molecule has 2 amide bonds. The number of hydrogen-bond donors (Lipinski definition) is 2. The monoisotopic (exact) mass is 289 g/mol. The van der Waals surface area contributed by atoms with Gasteiger partial charge in [-0.1, -0.05) is 37.3 Å². The number of rotatable bonds is 5. The number of aryl methyl sites for hydroxylation is 1.